The van der Waals surface area contributed by atoms with Gasteiger partial charge in [-0.25, -0.2) is 0 Å². The first-order valence-electron chi connectivity index (χ1n) is 7.01. The molecule has 0 aliphatic carbocycles. The zero-order valence-corrected chi connectivity index (χ0v) is 13.7. The standard InChI is InChI=1S/C15H23N3O3.ClH/c1-3-10(2)14(17)15(20)18-11-4-6-12(7-5-11)21-9-8-13(16)19;/h4-7,10,14H,3,8-9,17H2,1-2H3,(H2,16,19)(H,18,20);1H. The second kappa shape index (κ2) is 10.0. The lowest BCUT2D eigenvalue weighted by molar-refractivity contribution is -0.119. The summed E-state index contributed by atoms with van der Waals surface area (Å²) in [5.74, 6) is 0.131. The van der Waals surface area contributed by atoms with E-state index in [0.717, 1.165) is 6.42 Å². The van der Waals surface area contributed by atoms with Crippen molar-refractivity contribution < 1.29 is 14.3 Å². The summed E-state index contributed by atoms with van der Waals surface area (Å²) in [6.07, 6.45) is 1.02. The molecule has 6 nitrogen and oxygen atoms in total. The number of halogens is 1. The van der Waals surface area contributed by atoms with Gasteiger partial charge in [-0.15, -0.1) is 12.4 Å². The maximum Gasteiger partial charge on any atom is 0.241 e. The first-order chi connectivity index (χ1) is 9.93. The Bertz CT molecular complexity index is 479. The van der Waals surface area contributed by atoms with Crippen molar-refractivity contribution in [3.05, 3.63) is 24.3 Å². The van der Waals surface area contributed by atoms with E-state index in [1.54, 1.807) is 24.3 Å². The average Bonchev–Trinajstić information content (AvgIpc) is 2.47. The summed E-state index contributed by atoms with van der Waals surface area (Å²) in [5.41, 5.74) is 11.5. The maximum absolute atomic E-state index is 11.9. The Morgan fingerprint density at radius 1 is 1.27 bits per heavy atom. The predicted molar refractivity (Wildman–Crippen MR) is 89.1 cm³/mol. The number of primary amides is 1. The van der Waals surface area contributed by atoms with Crippen LogP contribution < -0.4 is 21.5 Å². The monoisotopic (exact) mass is 329 g/mol. The number of rotatable bonds is 8. The highest BCUT2D eigenvalue weighted by Gasteiger charge is 2.19. The van der Waals surface area contributed by atoms with Gasteiger partial charge in [0, 0.05) is 5.69 Å². The van der Waals surface area contributed by atoms with Gasteiger partial charge in [-0.3, -0.25) is 9.59 Å². The van der Waals surface area contributed by atoms with E-state index in [4.69, 9.17) is 16.2 Å². The highest BCUT2D eigenvalue weighted by atomic mass is 35.5. The van der Waals surface area contributed by atoms with E-state index in [1.807, 2.05) is 13.8 Å². The molecule has 0 aliphatic heterocycles. The van der Waals surface area contributed by atoms with Crippen LogP contribution in [-0.4, -0.2) is 24.5 Å². The Hall–Kier alpha value is -1.79. The number of carbonyl (C=O) groups is 2. The Morgan fingerprint density at radius 3 is 2.36 bits per heavy atom. The topological polar surface area (TPSA) is 107 Å². The first-order valence-corrected chi connectivity index (χ1v) is 7.01. The van der Waals surface area contributed by atoms with E-state index in [2.05, 4.69) is 5.32 Å². The molecule has 0 radical (unpaired) electrons. The lowest BCUT2D eigenvalue weighted by atomic mass is 9.99. The first kappa shape index (κ1) is 20.2. The van der Waals surface area contributed by atoms with E-state index in [-0.39, 0.29) is 37.3 Å². The van der Waals surface area contributed by atoms with Crippen LogP contribution >= 0.6 is 12.4 Å². The molecule has 22 heavy (non-hydrogen) atoms. The Kier molecular flexibility index (Phi) is 9.21. The zero-order valence-electron chi connectivity index (χ0n) is 12.9. The van der Waals surface area contributed by atoms with Gasteiger partial charge in [0.05, 0.1) is 19.1 Å². The quantitative estimate of drug-likeness (QED) is 0.674. The molecule has 1 aromatic rings. The molecule has 0 fully saturated rings. The van der Waals surface area contributed by atoms with Crippen LogP contribution in [0.1, 0.15) is 26.7 Å². The summed E-state index contributed by atoms with van der Waals surface area (Å²) in [6, 6.07) is 6.35. The maximum atomic E-state index is 11.9. The number of carbonyl (C=O) groups excluding carboxylic acids is 2. The number of nitrogens with one attached hydrogen (secondary N) is 1. The number of ether oxygens (including phenoxy) is 1. The SMILES string of the molecule is CCC(C)C(N)C(=O)Nc1ccc(OCCC(N)=O)cc1.Cl. The Morgan fingerprint density at radius 2 is 1.86 bits per heavy atom. The molecular weight excluding hydrogens is 306 g/mol. The molecule has 0 spiro atoms. The van der Waals surface area contributed by atoms with Gasteiger partial charge in [0.25, 0.3) is 0 Å². The second-order valence-electron chi connectivity index (χ2n) is 4.99. The fourth-order valence-corrected chi connectivity index (χ4v) is 1.64. The molecule has 1 aromatic carbocycles. The number of nitrogens with two attached hydrogens (primary N) is 2. The number of hydrogen-bond acceptors (Lipinski definition) is 4. The van der Waals surface area contributed by atoms with Crippen LogP contribution in [0.3, 0.4) is 0 Å². The van der Waals surface area contributed by atoms with Crippen molar-refractivity contribution >= 4 is 29.9 Å². The van der Waals surface area contributed by atoms with Crippen LogP contribution in [0.2, 0.25) is 0 Å². The third-order valence-corrected chi connectivity index (χ3v) is 3.30. The normalized spacial score (nSPS) is 12.7. The summed E-state index contributed by atoms with van der Waals surface area (Å²) in [7, 11) is 0. The zero-order chi connectivity index (χ0) is 15.8. The number of amides is 2. The van der Waals surface area contributed by atoms with Gasteiger partial charge in [-0.2, -0.15) is 0 Å². The molecule has 0 saturated heterocycles. The number of anilines is 1. The van der Waals surface area contributed by atoms with Gasteiger partial charge < -0.3 is 21.5 Å². The average molecular weight is 330 g/mol. The van der Waals surface area contributed by atoms with E-state index in [0.29, 0.717) is 11.4 Å². The summed E-state index contributed by atoms with van der Waals surface area (Å²) in [5, 5.41) is 2.76. The largest absolute Gasteiger partial charge is 0.493 e. The van der Waals surface area contributed by atoms with E-state index in [9.17, 15) is 9.59 Å². The Balaban J connectivity index is 0.00000441. The van der Waals surface area contributed by atoms with Crippen LogP contribution in [0, 0.1) is 5.92 Å². The molecule has 7 heteroatoms. The van der Waals surface area contributed by atoms with Crippen LogP contribution in [0.25, 0.3) is 0 Å². The molecule has 0 aromatic heterocycles. The fraction of sp³-hybridized carbons (Fsp3) is 0.467. The van der Waals surface area contributed by atoms with Crippen molar-refractivity contribution in [2.24, 2.45) is 17.4 Å². The van der Waals surface area contributed by atoms with Gasteiger partial charge in [-0.1, -0.05) is 20.3 Å². The van der Waals surface area contributed by atoms with Crippen molar-refractivity contribution in [1.29, 1.82) is 0 Å². The Labute approximate surface area is 137 Å². The van der Waals surface area contributed by atoms with E-state index < -0.39 is 11.9 Å². The summed E-state index contributed by atoms with van der Waals surface area (Å²) < 4.78 is 5.34. The van der Waals surface area contributed by atoms with Gasteiger partial charge in [0.1, 0.15) is 5.75 Å². The third-order valence-electron chi connectivity index (χ3n) is 3.30. The molecular formula is C15H24ClN3O3. The molecule has 2 atom stereocenters. The molecule has 2 amide bonds. The van der Waals surface area contributed by atoms with Crippen molar-refractivity contribution in [1.82, 2.24) is 0 Å². The highest BCUT2D eigenvalue weighted by Crippen LogP contribution is 2.16. The van der Waals surface area contributed by atoms with Crippen molar-refractivity contribution in [2.45, 2.75) is 32.7 Å². The van der Waals surface area contributed by atoms with E-state index in [1.165, 1.54) is 0 Å². The summed E-state index contributed by atoms with van der Waals surface area (Å²) in [4.78, 5) is 22.5. The highest BCUT2D eigenvalue weighted by molar-refractivity contribution is 5.94. The van der Waals surface area contributed by atoms with Gasteiger partial charge >= 0.3 is 0 Å². The van der Waals surface area contributed by atoms with Crippen LogP contribution in [0.4, 0.5) is 5.69 Å². The third kappa shape index (κ3) is 6.78. The molecule has 0 aliphatic rings. The lowest BCUT2D eigenvalue weighted by Gasteiger charge is -2.17. The predicted octanol–water partition coefficient (Wildman–Crippen LogP) is 1.67. The second-order valence-corrected chi connectivity index (χ2v) is 4.99. The number of benzene rings is 1. The van der Waals surface area contributed by atoms with Gasteiger partial charge in [-0.05, 0) is 30.2 Å². The molecule has 124 valence electrons. The molecule has 2 unspecified atom stereocenters. The lowest BCUT2D eigenvalue weighted by Crippen LogP contribution is -2.40. The van der Waals surface area contributed by atoms with Crippen molar-refractivity contribution in [2.75, 3.05) is 11.9 Å². The van der Waals surface area contributed by atoms with Crippen LogP contribution in [-0.2, 0) is 9.59 Å². The molecule has 5 N–H and O–H groups in total. The summed E-state index contributed by atoms with van der Waals surface area (Å²) >= 11 is 0. The summed E-state index contributed by atoms with van der Waals surface area (Å²) in [6.45, 7) is 4.18. The smallest absolute Gasteiger partial charge is 0.241 e. The molecule has 0 saturated carbocycles. The molecule has 1 rings (SSSR count). The minimum absolute atomic E-state index is 0. The molecule has 0 bridgehead atoms. The van der Waals surface area contributed by atoms with Crippen molar-refractivity contribution in [3.63, 3.8) is 0 Å². The van der Waals surface area contributed by atoms with Crippen LogP contribution in [0.5, 0.6) is 5.75 Å². The van der Waals surface area contributed by atoms with Gasteiger partial charge in [0.2, 0.25) is 11.8 Å². The van der Waals surface area contributed by atoms with Gasteiger partial charge in [0.15, 0.2) is 0 Å². The molecule has 0 heterocycles. The fourth-order valence-electron chi connectivity index (χ4n) is 1.64. The minimum Gasteiger partial charge on any atom is -0.493 e. The minimum atomic E-state index is -0.526. The van der Waals surface area contributed by atoms with Crippen molar-refractivity contribution in [3.8, 4) is 5.75 Å². The number of hydrogen-bond donors (Lipinski definition) is 3. The van der Waals surface area contributed by atoms with E-state index >= 15 is 0 Å². The van der Waals surface area contributed by atoms with Crippen LogP contribution in [0.15, 0.2) is 24.3 Å².